The summed E-state index contributed by atoms with van der Waals surface area (Å²) in [5.74, 6) is -0.548. The fraction of sp³-hybridized carbons (Fsp3) is 0.525. The van der Waals surface area contributed by atoms with E-state index < -0.39 is 6.10 Å². The van der Waals surface area contributed by atoms with Gasteiger partial charge in [-0.2, -0.15) is 0 Å². The van der Waals surface area contributed by atoms with Gasteiger partial charge < -0.3 is 14.2 Å². The van der Waals surface area contributed by atoms with Crippen molar-refractivity contribution in [3.63, 3.8) is 0 Å². The van der Waals surface area contributed by atoms with Crippen LogP contribution in [0.2, 0.25) is 0 Å². The van der Waals surface area contributed by atoms with Crippen LogP contribution < -0.4 is 0 Å². The third-order valence-corrected chi connectivity index (χ3v) is 9.54. The molecule has 0 heterocycles. The smallest absolute Gasteiger partial charge is 0.306 e. The predicted molar refractivity (Wildman–Crippen MR) is 278 cm³/mol. The lowest BCUT2D eigenvalue weighted by molar-refractivity contribution is -0.162. The van der Waals surface area contributed by atoms with E-state index in [9.17, 15) is 9.59 Å². The third kappa shape index (κ3) is 50.2. The van der Waals surface area contributed by atoms with Crippen molar-refractivity contribution in [2.45, 2.75) is 181 Å². The average molecular weight is 879 g/mol. The summed E-state index contributed by atoms with van der Waals surface area (Å²) in [6.45, 7) is 7.27. The monoisotopic (exact) mass is 879 g/mol. The largest absolute Gasteiger partial charge is 0.462 e. The Labute approximate surface area is 393 Å². The van der Waals surface area contributed by atoms with Gasteiger partial charge in [0.05, 0.1) is 6.61 Å². The van der Waals surface area contributed by atoms with Crippen LogP contribution in [0.5, 0.6) is 0 Å². The van der Waals surface area contributed by atoms with Crippen molar-refractivity contribution in [3.8, 4) is 0 Å². The summed E-state index contributed by atoms with van der Waals surface area (Å²) in [5.41, 5.74) is 0. The van der Waals surface area contributed by atoms with Gasteiger partial charge in [-0.3, -0.25) is 9.59 Å². The number of hydrogen-bond donors (Lipinski definition) is 0. The first-order chi connectivity index (χ1) is 31.6. The Morgan fingerprint density at radius 3 is 1.06 bits per heavy atom. The molecule has 0 saturated heterocycles. The van der Waals surface area contributed by atoms with Gasteiger partial charge in [-0.25, -0.2) is 0 Å². The van der Waals surface area contributed by atoms with Crippen LogP contribution in [0.3, 0.4) is 0 Å². The van der Waals surface area contributed by atoms with E-state index in [-0.39, 0.29) is 25.2 Å². The first-order valence-corrected chi connectivity index (χ1v) is 25.0. The van der Waals surface area contributed by atoms with Crippen LogP contribution in [0.25, 0.3) is 0 Å². The number of rotatable bonds is 43. The minimum absolute atomic E-state index is 0.0139. The van der Waals surface area contributed by atoms with E-state index >= 15 is 0 Å². The standard InChI is InChI=1S/C59H90O5/c1-4-7-10-13-16-19-22-25-28-30-32-34-37-40-43-46-49-52-58(60)63-56-57(55-62-54-51-48-45-42-39-36-33-29-26-23-20-17-14-11-8-5-2)64-59(61)53-50-47-44-41-38-35-31-27-24-21-18-15-12-9-6-3/h7-12,16-21,25-29,31-32,34,36,38-41,43,57H,4-6,13-15,22-24,30,33,35,37,42,44-56H2,1-3H3/b10-7-,11-8-,12-9-,19-16-,20-17-,21-18-,28-25-,29-26-,31-27-,34-32-,39-36-,41-38-,43-40-. The Balaban J connectivity index is 4.54. The number of carbonyl (C=O) groups excluding carboxylic acids is 2. The topological polar surface area (TPSA) is 61.8 Å². The molecule has 356 valence electrons. The molecule has 0 aromatic carbocycles. The molecule has 1 atom stereocenters. The van der Waals surface area contributed by atoms with Crippen molar-refractivity contribution in [2.24, 2.45) is 0 Å². The highest BCUT2D eigenvalue weighted by Gasteiger charge is 2.17. The van der Waals surface area contributed by atoms with Crippen LogP contribution in [0.1, 0.15) is 175 Å². The summed E-state index contributed by atoms with van der Waals surface area (Å²) in [4.78, 5) is 25.4. The van der Waals surface area contributed by atoms with Crippen molar-refractivity contribution in [1.29, 1.82) is 0 Å². The first kappa shape index (κ1) is 59.5. The normalized spacial score (nSPS) is 13.6. The molecule has 1 unspecified atom stereocenters. The molecule has 0 aromatic heterocycles. The summed E-state index contributed by atoms with van der Waals surface area (Å²) in [6.07, 6.45) is 78.3. The minimum atomic E-state index is -0.610. The molecule has 0 aliphatic carbocycles. The maximum Gasteiger partial charge on any atom is 0.306 e. The summed E-state index contributed by atoms with van der Waals surface area (Å²) < 4.78 is 17.3. The van der Waals surface area contributed by atoms with E-state index in [0.717, 1.165) is 135 Å². The lowest BCUT2D eigenvalue weighted by Crippen LogP contribution is -2.30. The maximum absolute atomic E-state index is 12.8. The fourth-order valence-electron chi connectivity index (χ4n) is 5.94. The Bertz CT molecular complexity index is 1460. The fourth-order valence-corrected chi connectivity index (χ4v) is 5.94. The first-order valence-electron chi connectivity index (χ1n) is 25.0. The van der Waals surface area contributed by atoms with Gasteiger partial charge in [0.1, 0.15) is 6.61 Å². The lowest BCUT2D eigenvalue weighted by Gasteiger charge is -2.18. The van der Waals surface area contributed by atoms with Crippen LogP contribution >= 0.6 is 0 Å². The molecule has 5 nitrogen and oxygen atoms in total. The Hall–Kier alpha value is -4.48. The molecule has 0 aliphatic rings. The maximum atomic E-state index is 12.8. The number of ether oxygens (including phenoxy) is 3. The highest BCUT2D eigenvalue weighted by Crippen LogP contribution is 2.09. The Morgan fingerprint density at radius 1 is 0.344 bits per heavy atom. The molecule has 0 spiro atoms. The Morgan fingerprint density at radius 2 is 0.672 bits per heavy atom. The lowest BCUT2D eigenvalue weighted by atomic mass is 10.2. The van der Waals surface area contributed by atoms with E-state index in [1.54, 1.807) is 0 Å². The van der Waals surface area contributed by atoms with E-state index in [0.29, 0.717) is 25.9 Å². The number of hydrogen-bond acceptors (Lipinski definition) is 5. The van der Waals surface area contributed by atoms with E-state index in [1.807, 2.05) is 0 Å². The molecule has 0 amide bonds. The minimum Gasteiger partial charge on any atom is -0.462 e. The highest BCUT2D eigenvalue weighted by atomic mass is 16.6. The second kappa shape index (κ2) is 52.9. The molecule has 64 heavy (non-hydrogen) atoms. The molecule has 0 aromatic rings. The van der Waals surface area contributed by atoms with Crippen molar-refractivity contribution in [1.82, 2.24) is 0 Å². The SMILES string of the molecule is CC/C=C\C/C=C\C/C=C\C/C=C\C/C=C\CCCC(=O)OCC(COCCCCC/C=C\C/C=C\C/C=C\C/C=C\CC)OC(=O)CCCC/C=C\C/C=C\C/C=C\C/C=C\CC. The molecular weight excluding hydrogens is 789 g/mol. The molecule has 0 bridgehead atoms. The molecule has 0 fully saturated rings. The molecule has 0 N–H and O–H groups in total. The Kier molecular flexibility index (Phi) is 49.2. The van der Waals surface area contributed by atoms with Crippen LogP contribution in [0.15, 0.2) is 158 Å². The zero-order chi connectivity index (χ0) is 46.3. The van der Waals surface area contributed by atoms with E-state index in [1.165, 1.54) is 0 Å². The highest BCUT2D eigenvalue weighted by molar-refractivity contribution is 5.70. The second-order valence-electron chi connectivity index (χ2n) is 15.6. The second-order valence-corrected chi connectivity index (χ2v) is 15.6. The van der Waals surface area contributed by atoms with Crippen LogP contribution in [0, 0.1) is 0 Å². The summed E-state index contributed by atoms with van der Waals surface area (Å²) in [7, 11) is 0. The molecule has 0 radical (unpaired) electrons. The summed E-state index contributed by atoms with van der Waals surface area (Å²) >= 11 is 0. The summed E-state index contributed by atoms with van der Waals surface area (Å²) in [6, 6.07) is 0. The van der Waals surface area contributed by atoms with Gasteiger partial charge in [0.25, 0.3) is 0 Å². The molecule has 0 saturated carbocycles. The third-order valence-electron chi connectivity index (χ3n) is 9.54. The molecule has 0 rings (SSSR count). The van der Waals surface area contributed by atoms with Crippen molar-refractivity contribution < 1.29 is 23.8 Å². The number of unbranched alkanes of at least 4 members (excludes halogenated alkanes) is 6. The number of allylic oxidation sites excluding steroid dienone is 26. The zero-order valence-corrected chi connectivity index (χ0v) is 40.7. The van der Waals surface area contributed by atoms with Crippen molar-refractivity contribution in [3.05, 3.63) is 158 Å². The van der Waals surface area contributed by atoms with E-state index in [4.69, 9.17) is 14.2 Å². The van der Waals surface area contributed by atoms with Crippen molar-refractivity contribution >= 4 is 11.9 Å². The van der Waals surface area contributed by atoms with Gasteiger partial charge in [0, 0.05) is 19.4 Å². The molecule has 0 aliphatic heterocycles. The molecular formula is C59H90O5. The quantitative estimate of drug-likeness (QED) is 0.0347. The van der Waals surface area contributed by atoms with Crippen LogP contribution in [-0.2, 0) is 23.8 Å². The van der Waals surface area contributed by atoms with Gasteiger partial charge in [-0.05, 0) is 135 Å². The van der Waals surface area contributed by atoms with Crippen LogP contribution in [0.4, 0.5) is 0 Å². The number of carbonyl (C=O) groups is 2. The van der Waals surface area contributed by atoms with Crippen LogP contribution in [-0.4, -0.2) is 37.9 Å². The zero-order valence-electron chi connectivity index (χ0n) is 40.7. The van der Waals surface area contributed by atoms with Gasteiger partial charge in [-0.1, -0.05) is 185 Å². The molecule has 5 heteroatoms. The predicted octanol–water partition coefficient (Wildman–Crippen LogP) is 17.1. The van der Waals surface area contributed by atoms with E-state index in [2.05, 4.69) is 179 Å². The summed E-state index contributed by atoms with van der Waals surface area (Å²) in [5, 5.41) is 0. The van der Waals surface area contributed by atoms with Gasteiger partial charge in [0.15, 0.2) is 6.10 Å². The average Bonchev–Trinajstić information content (AvgIpc) is 3.30. The van der Waals surface area contributed by atoms with Gasteiger partial charge in [0.2, 0.25) is 0 Å². The van der Waals surface area contributed by atoms with Gasteiger partial charge in [-0.15, -0.1) is 0 Å². The van der Waals surface area contributed by atoms with Crippen molar-refractivity contribution in [2.75, 3.05) is 19.8 Å². The van der Waals surface area contributed by atoms with Gasteiger partial charge >= 0.3 is 11.9 Å². The number of esters is 2.